The van der Waals surface area contributed by atoms with Crippen LogP contribution in [0, 0.1) is 13.8 Å². The zero-order valence-electron chi connectivity index (χ0n) is 15.3. The molecule has 1 aromatic heterocycles. The van der Waals surface area contributed by atoms with Crippen LogP contribution in [0.25, 0.3) is 10.9 Å². The average Bonchev–Trinajstić information content (AvgIpc) is 2.95. The lowest BCUT2D eigenvalue weighted by Gasteiger charge is -2.17. The number of nitrogens with one attached hydrogen (secondary N) is 1. The molecule has 0 aliphatic carbocycles. The summed E-state index contributed by atoms with van der Waals surface area (Å²) < 4.78 is 5.26. The monoisotopic (exact) mass is 335 g/mol. The van der Waals surface area contributed by atoms with Crippen LogP contribution in [-0.2, 0) is 4.74 Å². The van der Waals surface area contributed by atoms with Gasteiger partial charge < -0.3 is 9.72 Å². The van der Waals surface area contributed by atoms with E-state index in [1.807, 2.05) is 37.3 Å². The minimum Gasteiger partial charge on any atom is -0.385 e. The van der Waals surface area contributed by atoms with Gasteiger partial charge in [-0.05, 0) is 43.4 Å². The predicted molar refractivity (Wildman–Crippen MR) is 103 cm³/mol. The highest BCUT2D eigenvalue weighted by molar-refractivity contribution is 6.18. The molecule has 0 bridgehead atoms. The normalized spacial score (nSPS) is 12.5. The molecule has 1 heterocycles. The highest BCUT2D eigenvalue weighted by Crippen LogP contribution is 2.35. The number of ether oxygens (including phenoxy) is 1. The minimum atomic E-state index is 0.0788. The molecule has 1 N–H and O–H groups in total. The second-order valence-corrected chi connectivity index (χ2v) is 6.72. The van der Waals surface area contributed by atoms with E-state index in [4.69, 9.17) is 4.74 Å². The summed E-state index contributed by atoms with van der Waals surface area (Å²) in [5.41, 5.74) is 5.94. The number of aryl methyl sites for hydroxylation is 2. The smallest absolute Gasteiger partial charge is 0.195 e. The first kappa shape index (κ1) is 17.4. The van der Waals surface area contributed by atoms with Crippen molar-refractivity contribution in [2.24, 2.45) is 0 Å². The number of hydrogen-bond acceptors (Lipinski definition) is 2. The predicted octanol–water partition coefficient (Wildman–Crippen LogP) is 5.16. The Bertz CT molecular complexity index is 893. The highest BCUT2D eigenvalue weighted by atomic mass is 16.5. The Morgan fingerprint density at radius 3 is 2.52 bits per heavy atom. The van der Waals surface area contributed by atoms with Crippen LogP contribution in [0.15, 0.2) is 42.5 Å². The zero-order chi connectivity index (χ0) is 18.0. The van der Waals surface area contributed by atoms with Gasteiger partial charge in [0.15, 0.2) is 5.78 Å². The van der Waals surface area contributed by atoms with Gasteiger partial charge >= 0.3 is 0 Å². The molecule has 3 nitrogen and oxygen atoms in total. The van der Waals surface area contributed by atoms with Gasteiger partial charge in [-0.25, -0.2) is 0 Å². The number of fused-ring (bicyclic) bond motifs is 1. The van der Waals surface area contributed by atoms with Crippen molar-refractivity contribution in [2.45, 2.75) is 33.1 Å². The maximum Gasteiger partial charge on any atom is 0.195 e. The Hall–Kier alpha value is -2.39. The summed E-state index contributed by atoms with van der Waals surface area (Å²) in [4.78, 5) is 16.6. The van der Waals surface area contributed by atoms with E-state index in [1.54, 1.807) is 7.11 Å². The molecule has 0 saturated carbocycles. The fraction of sp³-hybridized carbons (Fsp3) is 0.318. The number of carbonyl (C=O) groups is 1. The molecule has 0 radical (unpaired) electrons. The van der Waals surface area contributed by atoms with Crippen LogP contribution in [0.1, 0.15) is 52.0 Å². The third-order valence-corrected chi connectivity index (χ3v) is 4.92. The Morgan fingerprint density at radius 1 is 1.12 bits per heavy atom. The quantitative estimate of drug-likeness (QED) is 0.633. The molecule has 3 aromatic rings. The third kappa shape index (κ3) is 3.24. The van der Waals surface area contributed by atoms with Gasteiger partial charge in [-0.15, -0.1) is 0 Å². The summed E-state index contributed by atoms with van der Waals surface area (Å²) in [5, 5.41) is 1.06. The van der Waals surface area contributed by atoms with Crippen molar-refractivity contribution in [3.05, 3.63) is 70.4 Å². The second-order valence-electron chi connectivity index (χ2n) is 6.72. The Kier molecular flexibility index (Phi) is 5.05. The van der Waals surface area contributed by atoms with Crippen LogP contribution < -0.4 is 0 Å². The van der Waals surface area contributed by atoms with E-state index in [0.717, 1.165) is 34.1 Å². The Morgan fingerprint density at radius 2 is 1.84 bits per heavy atom. The van der Waals surface area contributed by atoms with Gasteiger partial charge in [0.1, 0.15) is 0 Å². The number of hydrogen-bond donors (Lipinski definition) is 1. The number of rotatable bonds is 6. The van der Waals surface area contributed by atoms with Crippen LogP contribution in [0.2, 0.25) is 0 Å². The Labute approximate surface area is 149 Å². The molecule has 3 rings (SSSR count). The molecule has 2 aromatic carbocycles. The van der Waals surface area contributed by atoms with E-state index >= 15 is 0 Å². The maximum atomic E-state index is 13.2. The van der Waals surface area contributed by atoms with Gasteiger partial charge in [0.05, 0.1) is 5.56 Å². The first-order chi connectivity index (χ1) is 12.0. The van der Waals surface area contributed by atoms with Crippen molar-refractivity contribution in [1.29, 1.82) is 0 Å². The molecular weight excluding hydrogens is 310 g/mol. The largest absolute Gasteiger partial charge is 0.385 e. The van der Waals surface area contributed by atoms with Gasteiger partial charge in [-0.2, -0.15) is 0 Å². The minimum absolute atomic E-state index is 0.0788. The summed E-state index contributed by atoms with van der Waals surface area (Å²) in [6.45, 7) is 7.02. The second kappa shape index (κ2) is 7.24. The zero-order valence-corrected chi connectivity index (χ0v) is 15.3. The molecule has 1 unspecified atom stereocenters. The number of methoxy groups -OCH3 is 1. The van der Waals surface area contributed by atoms with Crippen LogP contribution in [0.5, 0.6) is 0 Å². The fourth-order valence-corrected chi connectivity index (χ4v) is 3.64. The van der Waals surface area contributed by atoms with Crippen molar-refractivity contribution in [3.8, 4) is 0 Å². The van der Waals surface area contributed by atoms with Crippen molar-refractivity contribution in [1.82, 2.24) is 4.98 Å². The molecule has 0 saturated heterocycles. The molecule has 0 aliphatic rings. The molecule has 0 fully saturated rings. The number of carbonyl (C=O) groups excluding carboxylic acids is 1. The lowest BCUT2D eigenvalue weighted by molar-refractivity contribution is 0.103. The van der Waals surface area contributed by atoms with E-state index in [9.17, 15) is 4.79 Å². The molecule has 0 spiro atoms. The standard InChI is InChI=1S/C22H25NO2/c1-14-10-11-18-21(19(14)15(2)12-13-25-4)20(16(3)23-18)22(24)17-8-6-5-7-9-17/h5-11,15,23H,12-13H2,1-4H3. The molecule has 0 amide bonds. The van der Waals surface area contributed by atoms with E-state index in [-0.39, 0.29) is 5.78 Å². The molecule has 1 atom stereocenters. The van der Waals surface area contributed by atoms with Crippen molar-refractivity contribution in [2.75, 3.05) is 13.7 Å². The van der Waals surface area contributed by atoms with Gasteiger partial charge in [-0.1, -0.05) is 43.3 Å². The van der Waals surface area contributed by atoms with E-state index in [2.05, 4.69) is 31.0 Å². The van der Waals surface area contributed by atoms with E-state index in [0.29, 0.717) is 12.5 Å². The summed E-state index contributed by atoms with van der Waals surface area (Å²) >= 11 is 0. The van der Waals surface area contributed by atoms with Crippen molar-refractivity contribution < 1.29 is 9.53 Å². The average molecular weight is 335 g/mol. The third-order valence-electron chi connectivity index (χ3n) is 4.92. The first-order valence-corrected chi connectivity index (χ1v) is 8.75. The van der Waals surface area contributed by atoms with Gasteiger partial charge in [0, 0.05) is 35.9 Å². The van der Waals surface area contributed by atoms with Crippen molar-refractivity contribution in [3.63, 3.8) is 0 Å². The van der Waals surface area contributed by atoms with Crippen LogP contribution in [0.4, 0.5) is 0 Å². The fourth-order valence-electron chi connectivity index (χ4n) is 3.64. The van der Waals surface area contributed by atoms with Crippen LogP contribution in [-0.4, -0.2) is 24.5 Å². The number of ketones is 1. The lowest BCUT2D eigenvalue weighted by atomic mass is 9.87. The van der Waals surface area contributed by atoms with Crippen LogP contribution >= 0.6 is 0 Å². The summed E-state index contributed by atoms with van der Waals surface area (Å²) in [5.74, 6) is 0.399. The summed E-state index contributed by atoms with van der Waals surface area (Å²) in [6.07, 6.45) is 0.930. The van der Waals surface area contributed by atoms with E-state index in [1.165, 1.54) is 11.1 Å². The topological polar surface area (TPSA) is 42.1 Å². The first-order valence-electron chi connectivity index (χ1n) is 8.75. The maximum absolute atomic E-state index is 13.2. The van der Waals surface area contributed by atoms with Gasteiger partial charge in [0.25, 0.3) is 0 Å². The van der Waals surface area contributed by atoms with E-state index < -0.39 is 0 Å². The highest BCUT2D eigenvalue weighted by Gasteiger charge is 2.23. The molecular formula is C22H25NO2. The van der Waals surface area contributed by atoms with Gasteiger partial charge in [0.2, 0.25) is 0 Å². The van der Waals surface area contributed by atoms with Crippen LogP contribution in [0.3, 0.4) is 0 Å². The Balaban J connectivity index is 2.20. The summed E-state index contributed by atoms with van der Waals surface area (Å²) in [6, 6.07) is 13.7. The summed E-state index contributed by atoms with van der Waals surface area (Å²) in [7, 11) is 1.73. The molecule has 0 aliphatic heterocycles. The van der Waals surface area contributed by atoms with Crippen molar-refractivity contribution >= 4 is 16.7 Å². The molecule has 3 heteroatoms. The lowest BCUT2D eigenvalue weighted by Crippen LogP contribution is -2.06. The number of benzene rings is 2. The molecule has 25 heavy (non-hydrogen) atoms. The SMILES string of the molecule is COCCC(C)c1c(C)ccc2[nH]c(C)c(C(=O)c3ccccc3)c12. The number of aromatic nitrogens is 1. The molecule has 130 valence electrons. The number of aromatic amines is 1. The van der Waals surface area contributed by atoms with Gasteiger partial charge in [-0.3, -0.25) is 4.79 Å². The number of H-pyrrole nitrogens is 1.